The zero-order valence-electron chi connectivity index (χ0n) is 28.4. The van der Waals surface area contributed by atoms with Crippen LogP contribution in [-0.2, 0) is 0 Å². The first-order valence-corrected chi connectivity index (χ1v) is 18.6. The highest BCUT2D eigenvalue weighted by atomic mass is 32.1. The molecular weight excluding hydrogens is 647 g/mol. The molecule has 0 bridgehead atoms. The van der Waals surface area contributed by atoms with E-state index in [1.54, 1.807) is 0 Å². The molecule has 0 atom stereocenters. The Kier molecular flexibility index (Phi) is 7.41. The first kappa shape index (κ1) is 30.4. The van der Waals surface area contributed by atoms with Gasteiger partial charge in [0.15, 0.2) is 0 Å². The van der Waals surface area contributed by atoms with E-state index in [-0.39, 0.29) is 0 Å². The largest absolute Gasteiger partial charge is 0.311 e. The van der Waals surface area contributed by atoms with Crippen LogP contribution in [0, 0.1) is 0 Å². The minimum Gasteiger partial charge on any atom is -0.311 e. The van der Waals surface area contributed by atoms with Gasteiger partial charge in [-0.05, 0) is 110 Å². The summed E-state index contributed by atoms with van der Waals surface area (Å²) in [7, 11) is 0. The van der Waals surface area contributed by atoms with E-state index in [2.05, 4.69) is 205 Å². The summed E-state index contributed by atoms with van der Waals surface area (Å²) in [6, 6.07) is 72.8. The van der Waals surface area contributed by atoms with Crippen LogP contribution >= 0.6 is 11.3 Å². The molecule has 1 nitrogen and oxygen atoms in total. The van der Waals surface area contributed by atoms with Gasteiger partial charge in [0, 0.05) is 37.2 Å². The molecule has 0 amide bonds. The van der Waals surface area contributed by atoms with Crippen molar-refractivity contribution in [3.05, 3.63) is 200 Å². The SMILES string of the molecule is c1ccc(-c2c3ccccc3c(-c3ccc(N(c4ccccc4)c4ccc(-c5ccc6sc7ccccc7c6c5)cc4)cc3)c3ccccc23)cc1. The second kappa shape index (κ2) is 12.7. The predicted molar refractivity (Wildman–Crippen MR) is 225 cm³/mol. The Bertz CT molecular complexity index is 2810. The predicted octanol–water partition coefficient (Wildman–Crippen LogP) is 14.8. The Morgan fingerprint density at radius 2 is 0.673 bits per heavy atom. The Morgan fingerprint density at radius 3 is 1.25 bits per heavy atom. The molecule has 0 fully saturated rings. The highest BCUT2D eigenvalue weighted by Gasteiger charge is 2.18. The van der Waals surface area contributed by atoms with Gasteiger partial charge in [-0.15, -0.1) is 11.3 Å². The van der Waals surface area contributed by atoms with Crippen molar-refractivity contribution < 1.29 is 0 Å². The summed E-state index contributed by atoms with van der Waals surface area (Å²) in [6.45, 7) is 0. The normalized spacial score (nSPS) is 11.5. The van der Waals surface area contributed by atoms with Crippen LogP contribution in [0.1, 0.15) is 0 Å². The van der Waals surface area contributed by atoms with E-state index in [1.165, 1.54) is 75.1 Å². The second-order valence-corrected chi connectivity index (χ2v) is 14.4. The first-order valence-electron chi connectivity index (χ1n) is 17.8. The Balaban J connectivity index is 1.06. The van der Waals surface area contributed by atoms with Crippen molar-refractivity contribution in [1.29, 1.82) is 0 Å². The highest BCUT2D eigenvalue weighted by Crippen LogP contribution is 2.45. The van der Waals surface area contributed by atoms with E-state index >= 15 is 0 Å². The average molecular weight is 680 g/mol. The zero-order valence-corrected chi connectivity index (χ0v) is 29.2. The number of rotatable bonds is 6. The van der Waals surface area contributed by atoms with Crippen molar-refractivity contribution in [2.24, 2.45) is 0 Å². The van der Waals surface area contributed by atoms with Crippen LogP contribution in [0.5, 0.6) is 0 Å². The maximum absolute atomic E-state index is 2.35. The lowest BCUT2D eigenvalue weighted by atomic mass is 9.86. The highest BCUT2D eigenvalue weighted by molar-refractivity contribution is 7.25. The van der Waals surface area contributed by atoms with Crippen LogP contribution in [0.2, 0.25) is 0 Å². The molecule has 1 heterocycles. The molecule has 0 aliphatic heterocycles. The van der Waals surface area contributed by atoms with Crippen LogP contribution in [0.25, 0.3) is 75.1 Å². The number of benzene rings is 9. The minimum atomic E-state index is 1.11. The van der Waals surface area contributed by atoms with Gasteiger partial charge in [-0.25, -0.2) is 0 Å². The summed E-state index contributed by atoms with van der Waals surface area (Å²) >= 11 is 1.86. The lowest BCUT2D eigenvalue weighted by Gasteiger charge is -2.26. The number of hydrogen-bond donors (Lipinski definition) is 0. The Labute approximate surface area is 307 Å². The van der Waals surface area contributed by atoms with Crippen LogP contribution in [0.3, 0.4) is 0 Å². The second-order valence-electron chi connectivity index (χ2n) is 13.3. The Hall–Kier alpha value is -6.48. The van der Waals surface area contributed by atoms with Crippen molar-refractivity contribution >= 4 is 70.1 Å². The summed E-state index contributed by atoms with van der Waals surface area (Å²) in [5.74, 6) is 0. The topological polar surface area (TPSA) is 3.24 Å². The number of anilines is 3. The van der Waals surface area contributed by atoms with E-state index < -0.39 is 0 Å². The summed E-state index contributed by atoms with van der Waals surface area (Å²) in [4.78, 5) is 2.35. The van der Waals surface area contributed by atoms with Crippen molar-refractivity contribution in [2.75, 3.05) is 4.90 Å². The molecule has 10 rings (SSSR count). The van der Waals surface area contributed by atoms with Gasteiger partial charge >= 0.3 is 0 Å². The molecule has 0 saturated carbocycles. The van der Waals surface area contributed by atoms with Gasteiger partial charge in [0.05, 0.1) is 0 Å². The quantitative estimate of drug-likeness (QED) is 0.158. The number of para-hydroxylation sites is 1. The van der Waals surface area contributed by atoms with Gasteiger partial charge in [0.2, 0.25) is 0 Å². The van der Waals surface area contributed by atoms with Gasteiger partial charge < -0.3 is 4.90 Å². The molecule has 9 aromatic carbocycles. The lowest BCUT2D eigenvalue weighted by molar-refractivity contribution is 1.28. The van der Waals surface area contributed by atoms with Crippen LogP contribution in [0.15, 0.2) is 200 Å². The van der Waals surface area contributed by atoms with Crippen molar-refractivity contribution in [3.63, 3.8) is 0 Å². The molecule has 244 valence electrons. The zero-order chi connectivity index (χ0) is 34.4. The van der Waals surface area contributed by atoms with Gasteiger partial charge in [-0.2, -0.15) is 0 Å². The third-order valence-electron chi connectivity index (χ3n) is 10.3. The van der Waals surface area contributed by atoms with E-state index in [0.717, 1.165) is 17.1 Å². The average Bonchev–Trinajstić information content (AvgIpc) is 3.59. The standard InChI is InChI=1S/C50H33NS/c1-3-13-35(14-4-1)49-42-18-7-9-20-44(42)50(45-21-10-8-19-43(45)49)36-25-30-40(31-26-36)51(38-15-5-2-6-16-38)39-28-23-34(24-29-39)37-27-32-48-46(33-37)41-17-11-12-22-47(41)52-48/h1-33H. The van der Waals surface area contributed by atoms with E-state index in [1.807, 2.05) is 11.3 Å². The molecular formula is C50H33NS. The summed E-state index contributed by atoms with van der Waals surface area (Å²) < 4.78 is 2.66. The summed E-state index contributed by atoms with van der Waals surface area (Å²) in [5, 5.41) is 7.71. The molecule has 0 unspecified atom stereocenters. The fourth-order valence-corrected chi connectivity index (χ4v) is 8.95. The maximum Gasteiger partial charge on any atom is 0.0462 e. The van der Waals surface area contributed by atoms with Gasteiger partial charge in [0.1, 0.15) is 0 Å². The van der Waals surface area contributed by atoms with E-state index in [0.29, 0.717) is 0 Å². The third-order valence-corrected chi connectivity index (χ3v) is 11.4. The molecule has 0 radical (unpaired) electrons. The molecule has 0 aliphatic rings. The first-order chi connectivity index (χ1) is 25.8. The van der Waals surface area contributed by atoms with Gasteiger partial charge in [-0.3, -0.25) is 0 Å². The van der Waals surface area contributed by atoms with Crippen LogP contribution in [-0.4, -0.2) is 0 Å². The fraction of sp³-hybridized carbons (Fsp3) is 0. The number of hydrogen-bond acceptors (Lipinski definition) is 2. The Morgan fingerprint density at radius 1 is 0.269 bits per heavy atom. The van der Waals surface area contributed by atoms with Crippen molar-refractivity contribution in [2.45, 2.75) is 0 Å². The molecule has 2 heteroatoms. The molecule has 1 aromatic heterocycles. The molecule has 52 heavy (non-hydrogen) atoms. The van der Waals surface area contributed by atoms with E-state index in [9.17, 15) is 0 Å². The number of nitrogens with zero attached hydrogens (tertiary/aromatic N) is 1. The van der Waals surface area contributed by atoms with Crippen LogP contribution < -0.4 is 4.90 Å². The monoisotopic (exact) mass is 679 g/mol. The molecule has 0 spiro atoms. The summed E-state index contributed by atoms with van der Waals surface area (Å²) in [5.41, 5.74) is 10.8. The number of thiophene rings is 1. The maximum atomic E-state index is 2.35. The fourth-order valence-electron chi connectivity index (χ4n) is 7.87. The molecule has 0 aliphatic carbocycles. The third kappa shape index (κ3) is 5.16. The molecule has 0 saturated heterocycles. The molecule has 0 N–H and O–H groups in total. The van der Waals surface area contributed by atoms with Gasteiger partial charge in [0.25, 0.3) is 0 Å². The van der Waals surface area contributed by atoms with Crippen LogP contribution in [0.4, 0.5) is 17.1 Å². The van der Waals surface area contributed by atoms with E-state index in [4.69, 9.17) is 0 Å². The summed E-state index contributed by atoms with van der Waals surface area (Å²) in [6.07, 6.45) is 0. The van der Waals surface area contributed by atoms with Crippen molar-refractivity contribution in [1.82, 2.24) is 0 Å². The van der Waals surface area contributed by atoms with Gasteiger partial charge in [-0.1, -0.05) is 146 Å². The molecule has 10 aromatic rings. The smallest absolute Gasteiger partial charge is 0.0462 e. The van der Waals surface area contributed by atoms with Crippen molar-refractivity contribution in [3.8, 4) is 33.4 Å². The number of fused-ring (bicyclic) bond motifs is 5. The lowest BCUT2D eigenvalue weighted by Crippen LogP contribution is -2.09. The minimum absolute atomic E-state index is 1.11.